The van der Waals surface area contributed by atoms with Crippen LogP contribution in [0.2, 0.25) is 0 Å². The number of aldehydes is 1. The number of hydrogen-bond acceptors (Lipinski definition) is 6. The van der Waals surface area contributed by atoms with E-state index >= 15 is 0 Å². The van der Waals surface area contributed by atoms with Crippen molar-refractivity contribution in [2.75, 3.05) is 19.5 Å². The van der Waals surface area contributed by atoms with Crippen molar-refractivity contribution in [3.63, 3.8) is 0 Å². The topological polar surface area (TPSA) is 76.7 Å². The van der Waals surface area contributed by atoms with E-state index in [0.717, 1.165) is 12.0 Å². The molecule has 2 atom stereocenters. The Hall–Kier alpha value is -0.630. The molecule has 0 bridgehead atoms. The highest BCUT2D eigenvalue weighted by molar-refractivity contribution is 8.00. The van der Waals surface area contributed by atoms with Gasteiger partial charge in [0.25, 0.3) is 0 Å². The van der Waals surface area contributed by atoms with Crippen LogP contribution in [0.25, 0.3) is 0 Å². The minimum absolute atomic E-state index is 0.0615. The molecule has 0 aromatic carbocycles. The summed E-state index contributed by atoms with van der Waals surface area (Å²) in [4.78, 5) is 24.2. The second-order valence-electron chi connectivity index (χ2n) is 10.1. The lowest BCUT2D eigenvalue weighted by atomic mass is 10.0. The maximum Gasteiger partial charge on any atom is 0.237 e. The summed E-state index contributed by atoms with van der Waals surface area (Å²) in [6.45, 7) is 18.9. The Kier molecular flexibility index (Phi) is 12.0. The van der Waals surface area contributed by atoms with E-state index in [1.165, 1.54) is 0 Å². The largest absolute Gasteiger partial charge is 0.374 e. The fourth-order valence-electron chi connectivity index (χ4n) is 2.57. The van der Waals surface area contributed by atoms with Gasteiger partial charge in [-0.2, -0.15) is 11.8 Å². The molecule has 0 aromatic rings. The summed E-state index contributed by atoms with van der Waals surface area (Å²) in [6.07, 6.45) is 2.06. The van der Waals surface area contributed by atoms with E-state index in [1.807, 2.05) is 48.5 Å². The van der Waals surface area contributed by atoms with Crippen molar-refractivity contribution in [3.8, 4) is 0 Å². The molecule has 29 heavy (non-hydrogen) atoms. The van der Waals surface area contributed by atoms with E-state index < -0.39 is 17.8 Å². The molecule has 6 nitrogen and oxygen atoms in total. The average molecular weight is 433 g/mol. The Morgan fingerprint density at radius 2 is 1.69 bits per heavy atom. The molecule has 2 N–H and O–H groups in total. The molecule has 0 saturated heterocycles. The number of carbonyl (C=O) groups is 2. The van der Waals surface area contributed by atoms with Gasteiger partial charge in [-0.1, -0.05) is 13.8 Å². The Bertz CT molecular complexity index is 502. The van der Waals surface area contributed by atoms with Crippen LogP contribution in [0, 0.1) is 5.92 Å². The Balaban J connectivity index is 4.96. The zero-order valence-electron chi connectivity index (χ0n) is 20.2. The minimum atomic E-state index is -0.647. The second-order valence-corrected chi connectivity index (χ2v) is 11.9. The number of rotatable bonds is 14. The summed E-state index contributed by atoms with van der Waals surface area (Å²) in [5.74, 6) is 0.935. The highest BCUT2D eigenvalue weighted by atomic mass is 32.2. The van der Waals surface area contributed by atoms with E-state index in [1.54, 1.807) is 18.9 Å². The van der Waals surface area contributed by atoms with Crippen LogP contribution in [0.15, 0.2) is 0 Å². The first-order valence-electron chi connectivity index (χ1n) is 10.5. The number of ether oxygens (including phenoxy) is 2. The summed E-state index contributed by atoms with van der Waals surface area (Å²) in [7, 11) is 1.61. The van der Waals surface area contributed by atoms with Gasteiger partial charge in [-0.3, -0.25) is 10.1 Å². The molecule has 172 valence electrons. The van der Waals surface area contributed by atoms with Gasteiger partial charge in [0.05, 0.1) is 24.3 Å². The first-order valence-corrected chi connectivity index (χ1v) is 11.5. The van der Waals surface area contributed by atoms with Gasteiger partial charge in [0.2, 0.25) is 5.91 Å². The van der Waals surface area contributed by atoms with E-state index in [4.69, 9.17) is 9.47 Å². The van der Waals surface area contributed by atoms with Gasteiger partial charge in [-0.05, 0) is 73.0 Å². The van der Waals surface area contributed by atoms with E-state index in [0.29, 0.717) is 25.4 Å². The van der Waals surface area contributed by atoms with Crippen molar-refractivity contribution in [1.29, 1.82) is 0 Å². The first kappa shape index (κ1) is 28.4. The van der Waals surface area contributed by atoms with E-state index in [9.17, 15) is 9.59 Å². The van der Waals surface area contributed by atoms with Gasteiger partial charge in [0, 0.05) is 11.9 Å². The highest BCUT2D eigenvalue weighted by Crippen LogP contribution is 2.27. The summed E-state index contributed by atoms with van der Waals surface area (Å²) in [5, 5.41) is 6.15. The molecular weight excluding hydrogens is 388 g/mol. The van der Waals surface area contributed by atoms with Crippen LogP contribution in [-0.4, -0.2) is 59.8 Å². The van der Waals surface area contributed by atoms with Crippen molar-refractivity contribution in [3.05, 3.63) is 0 Å². The van der Waals surface area contributed by atoms with Gasteiger partial charge < -0.3 is 19.6 Å². The molecule has 0 aliphatic carbocycles. The summed E-state index contributed by atoms with van der Waals surface area (Å²) >= 11 is 1.78. The molecule has 0 rings (SSSR count). The van der Waals surface area contributed by atoms with Gasteiger partial charge >= 0.3 is 0 Å². The van der Waals surface area contributed by atoms with Crippen LogP contribution < -0.4 is 10.6 Å². The fraction of sp³-hybridized carbons (Fsp3) is 0.909. The summed E-state index contributed by atoms with van der Waals surface area (Å²) < 4.78 is 11.3. The van der Waals surface area contributed by atoms with E-state index in [-0.39, 0.29) is 16.3 Å². The Labute approximate surface area is 182 Å². The van der Waals surface area contributed by atoms with Crippen molar-refractivity contribution >= 4 is 24.0 Å². The number of carbonyl (C=O) groups excluding carboxylic acids is 2. The monoisotopic (exact) mass is 432 g/mol. The van der Waals surface area contributed by atoms with Crippen LogP contribution in [0.4, 0.5) is 0 Å². The molecule has 0 spiro atoms. The molecular formula is C22H44N2O4S. The van der Waals surface area contributed by atoms with Crippen molar-refractivity contribution in [2.45, 2.75) is 103 Å². The number of nitrogens with one attached hydrogen (secondary N) is 2. The smallest absolute Gasteiger partial charge is 0.237 e. The third-order valence-electron chi connectivity index (χ3n) is 4.32. The Morgan fingerprint density at radius 1 is 1.10 bits per heavy atom. The van der Waals surface area contributed by atoms with Gasteiger partial charge in [0.15, 0.2) is 0 Å². The number of methoxy groups -OCH3 is 1. The standard InChI is InChI=1S/C22H44N2O4S/c1-16(2)13-17(14-25)23-19(26)18(24-22(8,9)27-10)11-12-29-21(6,7)15-28-20(3,4)5/h14,16-18,24H,11-13,15H2,1-10H3,(H,23,26)/t17-,18-/m0/s1. The molecule has 0 radical (unpaired) electrons. The predicted molar refractivity (Wildman–Crippen MR) is 122 cm³/mol. The third-order valence-corrected chi connectivity index (χ3v) is 5.66. The first-order chi connectivity index (χ1) is 13.1. The van der Waals surface area contributed by atoms with Gasteiger partial charge in [-0.25, -0.2) is 0 Å². The SMILES string of the molecule is COC(C)(C)N[C@@H](CCSC(C)(C)COC(C)(C)C)C(=O)N[C@H](C=O)CC(C)C. The fourth-order valence-corrected chi connectivity index (χ4v) is 3.62. The lowest BCUT2D eigenvalue weighted by Crippen LogP contribution is -2.55. The highest BCUT2D eigenvalue weighted by Gasteiger charge is 2.29. The zero-order valence-corrected chi connectivity index (χ0v) is 21.0. The lowest BCUT2D eigenvalue weighted by molar-refractivity contribution is -0.128. The second kappa shape index (κ2) is 12.3. The predicted octanol–water partition coefficient (Wildman–Crippen LogP) is 3.77. The molecule has 0 aliphatic rings. The van der Waals surface area contributed by atoms with E-state index in [2.05, 4.69) is 24.5 Å². The van der Waals surface area contributed by atoms with Crippen molar-refractivity contribution in [1.82, 2.24) is 10.6 Å². The molecule has 7 heteroatoms. The molecule has 0 heterocycles. The minimum Gasteiger partial charge on any atom is -0.374 e. The molecule has 0 unspecified atom stereocenters. The maximum atomic E-state index is 12.9. The summed E-state index contributed by atoms with van der Waals surface area (Å²) in [6, 6.07) is -0.923. The number of amides is 1. The molecule has 0 aromatic heterocycles. The van der Waals surface area contributed by atoms with Crippen LogP contribution in [-0.2, 0) is 19.1 Å². The quantitative estimate of drug-likeness (QED) is 0.321. The molecule has 1 amide bonds. The van der Waals surface area contributed by atoms with Crippen LogP contribution >= 0.6 is 11.8 Å². The molecule has 0 saturated carbocycles. The average Bonchev–Trinajstić information content (AvgIpc) is 2.57. The third kappa shape index (κ3) is 14.1. The van der Waals surface area contributed by atoms with Gasteiger partial charge in [-0.15, -0.1) is 0 Å². The maximum absolute atomic E-state index is 12.9. The number of hydrogen-bond donors (Lipinski definition) is 2. The Morgan fingerprint density at radius 3 is 2.14 bits per heavy atom. The number of thioether (sulfide) groups is 1. The van der Waals surface area contributed by atoms with Crippen molar-refractivity contribution in [2.24, 2.45) is 5.92 Å². The zero-order chi connectivity index (χ0) is 22.9. The normalized spacial score (nSPS) is 15.3. The van der Waals surface area contributed by atoms with Crippen molar-refractivity contribution < 1.29 is 19.1 Å². The molecule has 0 aliphatic heterocycles. The lowest BCUT2D eigenvalue weighted by Gasteiger charge is -2.32. The van der Waals surface area contributed by atoms with Gasteiger partial charge in [0.1, 0.15) is 12.0 Å². The van der Waals surface area contributed by atoms with Crippen LogP contribution in [0.5, 0.6) is 0 Å². The molecule has 0 fully saturated rings. The van der Waals surface area contributed by atoms with Crippen LogP contribution in [0.1, 0.15) is 75.2 Å². The summed E-state index contributed by atoms with van der Waals surface area (Å²) in [5.41, 5.74) is -0.823. The van der Waals surface area contributed by atoms with Crippen LogP contribution in [0.3, 0.4) is 0 Å².